The molecule has 0 bridgehead atoms. The number of aryl methyl sites for hydroxylation is 2. The van der Waals surface area contributed by atoms with Gasteiger partial charge in [-0.15, -0.1) is 0 Å². The van der Waals surface area contributed by atoms with Gasteiger partial charge in [0.05, 0.1) is 21.8 Å². The monoisotopic (exact) mass is 368 g/mol. The fourth-order valence-electron chi connectivity index (χ4n) is 2.46. The van der Waals surface area contributed by atoms with E-state index in [1.54, 1.807) is 24.7 Å². The van der Waals surface area contributed by atoms with Crippen molar-refractivity contribution < 1.29 is 18.0 Å². The minimum atomic E-state index is -4.61. The van der Waals surface area contributed by atoms with Crippen molar-refractivity contribution in [2.45, 2.75) is 13.1 Å². The molecular formula is C16H12ClF3N4O. The average Bonchev–Trinajstić information content (AvgIpc) is 2.82. The molecule has 0 aliphatic rings. The summed E-state index contributed by atoms with van der Waals surface area (Å²) in [5, 5.41) is 6.90. The van der Waals surface area contributed by atoms with Gasteiger partial charge >= 0.3 is 6.18 Å². The molecule has 3 rings (SSSR count). The van der Waals surface area contributed by atoms with E-state index in [-0.39, 0.29) is 11.3 Å². The minimum absolute atomic E-state index is 0.00951. The van der Waals surface area contributed by atoms with E-state index in [1.165, 1.54) is 12.3 Å². The van der Waals surface area contributed by atoms with Crippen molar-refractivity contribution in [2.75, 3.05) is 5.32 Å². The van der Waals surface area contributed by atoms with Gasteiger partial charge in [0.25, 0.3) is 5.91 Å². The predicted octanol–water partition coefficient (Wildman–Crippen LogP) is 4.20. The van der Waals surface area contributed by atoms with Crippen LogP contribution in [0.5, 0.6) is 0 Å². The smallest absolute Gasteiger partial charge is 0.322 e. The van der Waals surface area contributed by atoms with Gasteiger partial charge in [-0.2, -0.15) is 18.3 Å². The van der Waals surface area contributed by atoms with Gasteiger partial charge in [0, 0.05) is 24.3 Å². The van der Waals surface area contributed by atoms with Crippen LogP contribution in [0, 0.1) is 6.92 Å². The molecule has 3 aromatic rings. The number of nitrogens with one attached hydrogen (secondary N) is 1. The zero-order valence-corrected chi connectivity index (χ0v) is 13.9. The molecule has 1 N–H and O–H groups in total. The number of fused-ring (bicyclic) bond motifs is 1. The molecule has 0 radical (unpaired) electrons. The quantitative estimate of drug-likeness (QED) is 0.737. The van der Waals surface area contributed by atoms with Crippen LogP contribution in [-0.4, -0.2) is 20.7 Å². The van der Waals surface area contributed by atoms with E-state index >= 15 is 0 Å². The van der Waals surface area contributed by atoms with Crippen LogP contribution >= 0.6 is 11.6 Å². The lowest BCUT2D eigenvalue weighted by molar-refractivity contribution is -0.137. The van der Waals surface area contributed by atoms with Crippen molar-refractivity contribution >= 4 is 34.2 Å². The lowest BCUT2D eigenvalue weighted by atomic mass is 10.1. The minimum Gasteiger partial charge on any atom is -0.322 e. The van der Waals surface area contributed by atoms with E-state index in [0.29, 0.717) is 16.7 Å². The highest BCUT2D eigenvalue weighted by atomic mass is 35.5. The van der Waals surface area contributed by atoms with Gasteiger partial charge in [-0.1, -0.05) is 11.6 Å². The van der Waals surface area contributed by atoms with Gasteiger partial charge in [-0.05, 0) is 31.2 Å². The van der Waals surface area contributed by atoms with Gasteiger partial charge in [0.1, 0.15) is 0 Å². The predicted molar refractivity (Wildman–Crippen MR) is 87.7 cm³/mol. The molecule has 1 aromatic carbocycles. The first-order chi connectivity index (χ1) is 11.7. The molecule has 2 aromatic heterocycles. The summed E-state index contributed by atoms with van der Waals surface area (Å²) < 4.78 is 40.3. The maximum Gasteiger partial charge on any atom is 0.417 e. The molecular weight excluding hydrogens is 357 g/mol. The van der Waals surface area contributed by atoms with Gasteiger partial charge < -0.3 is 5.32 Å². The molecule has 9 heteroatoms. The largest absolute Gasteiger partial charge is 0.417 e. The summed E-state index contributed by atoms with van der Waals surface area (Å²) in [5.41, 5.74) is 0.505. The van der Waals surface area contributed by atoms with Crippen LogP contribution in [0.3, 0.4) is 0 Å². The summed E-state index contributed by atoms with van der Waals surface area (Å²) in [6, 6.07) is 4.78. The second-order valence-corrected chi connectivity index (χ2v) is 5.86. The summed E-state index contributed by atoms with van der Waals surface area (Å²) in [6.45, 7) is 1.78. The third kappa shape index (κ3) is 3.30. The number of alkyl halides is 3. The molecule has 130 valence electrons. The summed E-state index contributed by atoms with van der Waals surface area (Å²) in [4.78, 5) is 16.5. The Hall–Kier alpha value is -2.61. The molecule has 5 nitrogen and oxygen atoms in total. The Morgan fingerprint density at radius 1 is 1.28 bits per heavy atom. The molecule has 0 fully saturated rings. The standard InChI is InChI=1S/C16H12ClF3N4O/c1-8-11-5-9(7-21-14(11)24(2)23-8)15(25)22-10-3-4-13(17)12(6-10)16(18,19)20/h3-7H,1-2H3,(H,22,25). The zero-order chi connectivity index (χ0) is 18.4. The SMILES string of the molecule is Cc1nn(C)c2ncc(C(=O)Nc3ccc(Cl)c(C(F)(F)F)c3)cc12. The first-order valence-electron chi connectivity index (χ1n) is 7.14. The van der Waals surface area contributed by atoms with Crippen LogP contribution in [0.4, 0.5) is 18.9 Å². The van der Waals surface area contributed by atoms with Crippen molar-refractivity contribution in [1.29, 1.82) is 0 Å². The summed E-state index contributed by atoms with van der Waals surface area (Å²) >= 11 is 5.57. The topological polar surface area (TPSA) is 59.8 Å². The molecule has 0 saturated carbocycles. The number of hydrogen-bond donors (Lipinski definition) is 1. The Bertz CT molecular complexity index is 981. The van der Waals surface area contributed by atoms with E-state index < -0.39 is 22.7 Å². The van der Waals surface area contributed by atoms with E-state index in [9.17, 15) is 18.0 Å². The van der Waals surface area contributed by atoms with Crippen LogP contribution in [0.2, 0.25) is 5.02 Å². The van der Waals surface area contributed by atoms with Crippen LogP contribution in [0.25, 0.3) is 11.0 Å². The number of rotatable bonds is 2. The number of carbonyl (C=O) groups excluding carboxylic acids is 1. The van der Waals surface area contributed by atoms with Crippen LogP contribution < -0.4 is 5.32 Å². The first-order valence-corrected chi connectivity index (χ1v) is 7.52. The second-order valence-electron chi connectivity index (χ2n) is 5.45. The number of amides is 1. The summed E-state index contributed by atoms with van der Waals surface area (Å²) in [5.74, 6) is -0.576. The number of aromatic nitrogens is 3. The Morgan fingerprint density at radius 3 is 2.68 bits per heavy atom. The van der Waals surface area contributed by atoms with Crippen molar-refractivity contribution in [3.63, 3.8) is 0 Å². The van der Waals surface area contributed by atoms with Gasteiger partial charge in [-0.25, -0.2) is 4.98 Å². The molecule has 25 heavy (non-hydrogen) atoms. The number of nitrogens with zero attached hydrogens (tertiary/aromatic N) is 3. The van der Waals surface area contributed by atoms with E-state index in [2.05, 4.69) is 15.4 Å². The fraction of sp³-hybridized carbons (Fsp3) is 0.188. The highest BCUT2D eigenvalue weighted by Crippen LogP contribution is 2.36. The molecule has 0 atom stereocenters. The van der Waals surface area contributed by atoms with Crippen LogP contribution in [0.15, 0.2) is 30.5 Å². The van der Waals surface area contributed by atoms with Crippen molar-refractivity contribution in [2.24, 2.45) is 7.05 Å². The summed E-state index contributed by atoms with van der Waals surface area (Å²) in [6.07, 6.45) is -3.26. The van der Waals surface area contributed by atoms with Gasteiger partial charge in [-0.3, -0.25) is 9.48 Å². The normalized spacial score (nSPS) is 11.8. The Kier molecular flexibility index (Phi) is 4.16. The number of anilines is 1. The van der Waals surface area contributed by atoms with E-state index in [0.717, 1.165) is 12.1 Å². The van der Waals surface area contributed by atoms with Crippen molar-refractivity contribution in [3.8, 4) is 0 Å². The molecule has 0 aliphatic carbocycles. The molecule has 0 unspecified atom stereocenters. The van der Waals surface area contributed by atoms with Crippen molar-refractivity contribution in [3.05, 3.63) is 52.3 Å². The highest BCUT2D eigenvalue weighted by molar-refractivity contribution is 6.31. The second kappa shape index (κ2) is 6.03. The lowest BCUT2D eigenvalue weighted by Crippen LogP contribution is -2.14. The molecule has 0 saturated heterocycles. The van der Waals surface area contributed by atoms with E-state index in [1.807, 2.05) is 0 Å². The van der Waals surface area contributed by atoms with E-state index in [4.69, 9.17) is 11.6 Å². The molecule has 0 spiro atoms. The third-order valence-corrected chi connectivity index (χ3v) is 3.98. The Balaban J connectivity index is 1.91. The Morgan fingerprint density at radius 2 is 2.00 bits per heavy atom. The number of halogens is 4. The average molecular weight is 369 g/mol. The highest BCUT2D eigenvalue weighted by Gasteiger charge is 2.33. The zero-order valence-electron chi connectivity index (χ0n) is 13.1. The van der Waals surface area contributed by atoms with Crippen molar-refractivity contribution in [1.82, 2.24) is 14.8 Å². The number of hydrogen-bond acceptors (Lipinski definition) is 3. The maximum absolute atomic E-state index is 12.9. The van der Waals surface area contributed by atoms with Gasteiger partial charge in [0.15, 0.2) is 5.65 Å². The van der Waals surface area contributed by atoms with Crippen LogP contribution in [-0.2, 0) is 13.2 Å². The molecule has 1 amide bonds. The Labute approximate surface area is 145 Å². The van der Waals surface area contributed by atoms with Gasteiger partial charge in [0.2, 0.25) is 0 Å². The first kappa shape index (κ1) is 17.2. The molecule has 2 heterocycles. The number of pyridine rings is 1. The molecule has 0 aliphatic heterocycles. The maximum atomic E-state index is 12.9. The number of benzene rings is 1. The summed E-state index contributed by atoms with van der Waals surface area (Å²) in [7, 11) is 1.73. The third-order valence-electron chi connectivity index (χ3n) is 3.65. The fourth-order valence-corrected chi connectivity index (χ4v) is 2.68. The number of carbonyl (C=O) groups is 1. The lowest BCUT2D eigenvalue weighted by Gasteiger charge is -2.11. The van der Waals surface area contributed by atoms with Crippen LogP contribution in [0.1, 0.15) is 21.6 Å².